The van der Waals surface area contributed by atoms with Crippen molar-refractivity contribution >= 4 is 50.6 Å². The molecule has 0 aromatic carbocycles. The molecule has 0 aliphatic carbocycles. The quantitative estimate of drug-likeness (QED) is 0.519. The number of thioether (sulfide) groups is 1. The van der Waals surface area contributed by atoms with Gasteiger partial charge >= 0.3 is 0 Å². The third kappa shape index (κ3) is 3.63. The predicted octanol–water partition coefficient (Wildman–Crippen LogP) is 4.65. The average molecular weight is 378 g/mol. The Balaban J connectivity index is 1.72. The van der Waals surface area contributed by atoms with Gasteiger partial charge in [-0.2, -0.15) is 0 Å². The highest BCUT2D eigenvalue weighted by Gasteiger charge is 2.16. The molecule has 7 heteroatoms. The molecule has 24 heavy (non-hydrogen) atoms. The van der Waals surface area contributed by atoms with Gasteiger partial charge in [0, 0.05) is 15.1 Å². The molecule has 1 amide bonds. The van der Waals surface area contributed by atoms with Gasteiger partial charge in [0.15, 0.2) is 0 Å². The first-order valence-electron chi connectivity index (χ1n) is 7.65. The maximum atomic E-state index is 12.3. The lowest BCUT2D eigenvalue weighted by molar-refractivity contribution is -0.119. The molecule has 1 atom stereocenters. The summed E-state index contributed by atoms with van der Waals surface area (Å²) in [5.74, 6) is 1.13. The topological polar surface area (TPSA) is 54.9 Å². The number of aromatic nitrogens is 2. The number of nitrogens with one attached hydrogen (secondary N) is 1. The number of hydrogen-bond acceptors (Lipinski definition) is 6. The standard InChI is InChI=1S/C17H19N3OS3/c1-9-11(3)24-17-15(9)16(19-12(4)20-17)23-8-14(21)18-10(2)13-6-5-7-22-13/h5-7,10H,8H2,1-4H3,(H,18,21)/t10-/m0/s1. The van der Waals surface area contributed by atoms with Crippen LogP contribution in [0.3, 0.4) is 0 Å². The van der Waals surface area contributed by atoms with Crippen LogP contribution in [-0.4, -0.2) is 21.6 Å². The summed E-state index contributed by atoms with van der Waals surface area (Å²) in [4.78, 5) is 24.8. The zero-order chi connectivity index (χ0) is 17.3. The van der Waals surface area contributed by atoms with Crippen molar-refractivity contribution in [3.8, 4) is 0 Å². The molecule has 3 heterocycles. The van der Waals surface area contributed by atoms with E-state index < -0.39 is 0 Å². The lowest BCUT2D eigenvalue weighted by Gasteiger charge is -2.12. The molecule has 0 saturated heterocycles. The van der Waals surface area contributed by atoms with Crippen LogP contribution in [0.1, 0.15) is 34.1 Å². The molecule has 4 nitrogen and oxygen atoms in total. The Morgan fingerprint density at radius 1 is 1.33 bits per heavy atom. The van der Waals surface area contributed by atoms with Crippen LogP contribution in [0, 0.1) is 20.8 Å². The Bertz CT molecular complexity index is 871. The largest absolute Gasteiger partial charge is 0.348 e. The average Bonchev–Trinajstić information content (AvgIpc) is 3.14. The zero-order valence-electron chi connectivity index (χ0n) is 14.0. The lowest BCUT2D eigenvalue weighted by atomic mass is 10.2. The van der Waals surface area contributed by atoms with Crippen LogP contribution in [-0.2, 0) is 4.79 Å². The van der Waals surface area contributed by atoms with Crippen molar-refractivity contribution in [2.75, 3.05) is 5.75 Å². The Labute approximate surface area is 153 Å². The highest BCUT2D eigenvalue weighted by Crippen LogP contribution is 2.35. The van der Waals surface area contributed by atoms with Gasteiger partial charge in [0.2, 0.25) is 5.91 Å². The fraction of sp³-hybridized carbons (Fsp3) is 0.353. The molecular weight excluding hydrogens is 358 g/mol. The normalized spacial score (nSPS) is 12.5. The first-order chi connectivity index (χ1) is 11.5. The number of rotatable bonds is 5. The Hall–Kier alpha value is -1.44. The molecule has 126 valence electrons. The monoisotopic (exact) mass is 377 g/mol. The van der Waals surface area contributed by atoms with E-state index in [4.69, 9.17) is 0 Å². The Kier molecular flexibility index (Phi) is 5.22. The van der Waals surface area contributed by atoms with Crippen molar-refractivity contribution in [1.82, 2.24) is 15.3 Å². The van der Waals surface area contributed by atoms with E-state index in [1.807, 2.05) is 31.4 Å². The maximum absolute atomic E-state index is 12.3. The van der Waals surface area contributed by atoms with Crippen molar-refractivity contribution in [3.05, 3.63) is 38.7 Å². The van der Waals surface area contributed by atoms with E-state index in [1.165, 1.54) is 22.2 Å². The molecule has 0 bridgehead atoms. The Morgan fingerprint density at radius 2 is 2.12 bits per heavy atom. The minimum absolute atomic E-state index is 0.0231. The number of nitrogens with zero attached hydrogens (tertiary/aromatic N) is 2. The first kappa shape index (κ1) is 17.4. The minimum atomic E-state index is 0.0231. The van der Waals surface area contributed by atoms with Crippen LogP contribution in [0.15, 0.2) is 22.5 Å². The number of hydrogen-bond donors (Lipinski definition) is 1. The molecule has 1 N–H and O–H groups in total. The molecule has 0 aliphatic rings. The highest BCUT2D eigenvalue weighted by atomic mass is 32.2. The minimum Gasteiger partial charge on any atom is -0.348 e. The summed E-state index contributed by atoms with van der Waals surface area (Å²) in [6, 6.07) is 4.08. The van der Waals surface area contributed by atoms with Crippen LogP contribution in [0.25, 0.3) is 10.2 Å². The van der Waals surface area contributed by atoms with Crippen molar-refractivity contribution in [2.45, 2.75) is 38.8 Å². The van der Waals surface area contributed by atoms with Gasteiger partial charge in [0.05, 0.1) is 11.8 Å². The number of aryl methyl sites for hydroxylation is 3. The molecule has 0 unspecified atom stereocenters. The number of carbonyl (C=O) groups is 1. The number of fused-ring (bicyclic) bond motifs is 1. The fourth-order valence-corrected chi connectivity index (χ4v) is 5.26. The third-order valence-electron chi connectivity index (χ3n) is 3.79. The van der Waals surface area contributed by atoms with E-state index in [2.05, 4.69) is 29.1 Å². The van der Waals surface area contributed by atoms with Gasteiger partial charge in [-0.1, -0.05) is 17.8 Å². The summed E-state index contributed by atoms with van der Waals surface area (Å²) in [6.45, 7) is 8.09. The van der Waals surface area contributed by atoms with Crippen LogP contribution in [0.5, 0.6) is 0 Å². The van der Waals surface area contributed by atoms with Crippen molar-refractivity contribution < 1.29 is 4.79 Å². The van der Waals surface area contributed by atoms with Gasteiger partial charge < -0.3 is 5.32 Å². The molecule has 0 fully saturated rings. The number of carbonyl (C=O) groups excluding carboxylic acids is 1. The summed E-state index contributed by atoms with van der Waals surface area (Å²) < 4.78 is 0. The molecule has 0 radical (unpaired) electrons. The van der Waals surface area contributed by atoms with Gasteiger partial charge in [-0.25, -0.2) is 9.97 Å². The number of thiophene rings is 2. The van der Waals surface area contributed by atoms with Crippen LogP contribution in [0.2, 0.25) is 0 Å². The van der Waals surface area contributed by atoms with Crippen molar-refractivity contribution in [3.63, 3.8) is 0 Å². The second kappa shape index (κ2) is 7.21. The second-order valence-corrected chi connectivity index (χ2v) is 8.78. The van der Waals surface area contributed by atoms with E-state index in [1.54, 1.807) is 22.7 Å². The maximum Gasteiger partial charge on any atom is 0.230 e. The summed E-state index contributed by atoms with van der Waals surface area (Å²) in [5.41, 5.74) is 1.21. The molecule has 0 spiro atoms. The Morgan fingerprint density at radius 3 is 2.83 bits per heavy atom. The summed E-state index contributed by atoms with van der Waals surface area (Å²) in [5, 5.41) is 7.06. The molecule has 3 rings (SSSR count). The first-order valence-corrected chi connectivity index (χ1v) is 10.3. The second-order valence-electron chi connectivity index (χ2n) is 5.63. The van der Waals surface area contributed by atoms with Gasteiger partial charge in [0.25, 0.3) is 0 Å². The molecule has 0 saturated carbocycles. The smallest absolute Gasteiger partial charge is 0.230 e. The highest BCUT2D eigenvalue weighted by molar-refractivity contribution is 8.00. The van der Waals surface area contributed by atoms with Gasteiger partial charge in [-0.05, 0) is 44.7 Å². The van der Waals surface area contributed by atoms with E-state index in [9.17, 15) is 4.79 Å². The van der Waals surface area contributed by atoms with Crippen LogP contribution < -0.4 is 5.32 Å². The zero-order valence-corrected chi connectivity index (χ0v) is 16.5. The molecule has 3 aromatic heterocycles. The van der Waals surface area contributed by atoms with Crippen molar-refractivity contribution in [2.24, 2.45) is 0 Å². The van der Waals surface area contributed by atoms with Crippen LogP contribution >= 0.6 is 34.4 Å². The van der Waals surface area contributed by atoms with E-state index >= 15 is 0 Å². The summed E-state index contributed by atoms with van der Waals surface area (Å²) in [6.07, 6.45) is 0. The van der Waals surface area contributed by atoms with E-state index in [0.717, 1.165) is 25.9 Å². The lowest BCUT2D eigenvalue weighted by Crippen LogP contribution is -2.27. The number of amides is 1. The van der Waals surface area contributed by atoms with Crippen LogP contribution in [0.4, 0.5) is 0 Å². The van der Waals surface area contributed by atoms with E-state index in [0.29, 0.717) is 5.75 Å². The summed E-state index contributed by atoms with van der Waals surface area (Å²) >= 11 is 4.83. The SMILES string of the molecule is Cc1nc(SCC(=O)N[C@@H](C)c2cccs2)c2c(C)c(C)sc2n1. The molecule has 3 aromatic rings. The van der Waals surface area contributed by atoms with E-state index in [-0.39, 0.29) is 11.9 Å². The third-order valence-corrected chi connectivity index (χ3v) is 6.93. The molecule has 0 aliphatic heterocycles. The predicted molar refractivity (Wildman–Crippen MR) is 103 cm³/mol. The summed E-state index contributed by atoms with van der Waals surface area (Å²) in [7, 11) is 0. The fourth-order valence-electron chi connectivity index (χ4n) is 2.44. The van der Waals surface area contributed by atoms with Crippen molar-refractivity contribution in [1.29, 1.82) is 0 Å². The molecular formula is C17H19N3OS3. The van der Waals surface area contributed by atoms with Gasteiger partial charge in [-0.3, -0.25) is 4.79 Å². The van der Waals surface area contributed by atoms with Gasteiger partial charge in [0.1, 0.15) is 15.7 Å². The van der Waals surface area contributed by atoms with Gasteiger partial charge in [-0.15, -0.1) is 22.7 Å².